The first-order valence-electron chi connectivity index (χ1n) is 7.09. The van der Waals surface area contributed by atoms with Crippen LogP contribution in [0.25, 0.3) is 11.0 Å². The fourth-order valence-corrected chi connectivity index (χ4v) is 2.86. The van der Waals surface area contributed by atoms with Gasteiger partial charge in [0.25, 0.3) is 5.88 Å². The van der Waals surface area contributed by atoms with Crippen molar-refractivity contribution in [3.63, 3.8) is 0 Å². The van der Waals surface area contributed by atoms with E-state index in [1.807, 2.05) is 0 Å². The normalized spacial score (nSPS) is 20.6. The smallest absolute Gasteiger partial charge is 0.321 e. The Labute approximate surface area is 150 Å². The van der Waals surface area contributed by atoms with E-state index in [0.29, 0.717) is 29.7 Å². The quantitative estimate of drug-likeness (QED) is 0.879. The molecule has 130 valence electrons. The van der Waals surface area contributed by atoms with Crippen molar-refractivity contribution in [2.75, 3.05) is 20.7 Å². The van der Waals surface area contributed by atoms with Crippen molar-refractivity contribution in [1.29, 1.82) is 0 Å². The highest BCUT2D eigenvalue weighted by Gasteiger charge is 2.36. The van der Waals surface area contributed by atoms with E-state index in [1.54, 1.807) is 37.3 Å². The topological polar surface area (TPSA) is 84.8 Å². The monoisotopic (exact) mass is 373 g/mol. The van der Waals surface area contributed by atoms with Gasteiger partial charge in [0.1, 0.15) is 17.9 Å². The van der Waals surface area contributed by atoms with Crippen molar-refractivity contribution in [3.05, 3.63) is 23.4 Å². The maximum absolute atomic E-state index is 11.2. The molecular formula is C15H17Cl2N3O4. The Morgan fingerprint density at radius 1 is 1.38 bits per heavy atom. The molecule has 24 heavy (non-hydrogen) atoms. The van der Waals surface area contributed by atoms with Gasteiger partial charge in [-0.2, -0.15) is 0 Å². The van der Waals surface area contributed by atoms with Crippen LogP contribution in [0.1, 0.15) is 6.42 Å². The van der Waals surface area contributed by atoms with Crippen LogP contribution in [0.3, 0.4) is 0 Å². The van der Waals surface area contributed by atoms with Crippen molar-refractivity contribution in [3.8, 4) is 11.6 Å². The first-order valence-corrected chi connectivity index (χ1v) is 7.46. The number of carbonyl (C=O) groups is 1. The Kier molecular flexibility index (Phi) is 5.69. The lowest BCUT2D eigenvalue weighted by atomic mass is 10.2. The third-order valence-corrected chi connectivity index (χ3v) is 4.12. The van der Waals surface area contributed by atoms with Crippen molar-refractivity contribution in [2.45, 2.75) is 18.6 Å². The Morgan fingerprint density at radius 3 is 2.75 bits per heavy atom. The first-order chi connectivity index (χ1) is 11.0. The summed E-state index contributed by atoms with van der Waals surface area (Å²) in [6, 6.07) is 4.72. The molecule has 0 unspecified atom stereocenters. The van der Waals surface area contributed by atoms with Gasteiger partial charge >= 0.3 is 5.97 Å². The number of nitrogens with zero attached hydrogens (tertiary/aromatic N) is 3. The van der Waals surface area contributed by atoms with E-state index in [-0.39, 0.29) is 29.5 Å². The van der Waals surface area contributed by atoms with Crippen molar-refractivity contribution >= 4 is 41.0 Å². The van der Waals surface area contributed by atoms with Crippen LogP contribution in [0.5, 0.6) is 11.6 Å². The van der Waals surface area contributed by atoms with E-state index in [9.17, 15) is 4.79 Å². The van der Waals surface area contributed by atoms with E-state index in [0.717, 1.165) is 0 Å². The lowest BCUT2D eigenvalue weighted by Gasteiger charge is -2.14. The molecule has 0 radical (unpaired) electrons. The molecule has 1 aliphatic rings. The standard InChI is InChI=1S/C15H16ClN3O4.ClH/c1-19-7-9(6-12(19)15(20)21)23-14-13(16)17-10-4-3-8(22-2)5-11(10)18-14;/h3-5,9,12H,6-7H2,1-2H3,(H,20,21);1H/t9-,12+;/m1./s1. The van der Waals surface area contributed by atoms with Gasteiger partial charge in [-0.3, -0.25) is 9.69 Å². The number of rotatable bonds is 4. The average molecular weight is 374 g/mol. The summed E-state index contributed by atoms with van der Waals surface area (Å²) in [6.45, 7) is 0.491. The number of ether oxygens (including phenoxy) is 2. The molecule has 2 aromatic rings. The summed E-state index contributed by atoms with van der Waals surface area (Å²) in [5, 5.41) is 9.31. The highest BCUT2D eigenvalue weighted by atomic mass is 35.5. The molecule has 0 spiro atoms. The minimum absolute atomic E-state index is 0. The van der Waals surface area contributed by atoms with Crippen molar-refractivity contribution in [2.24, 2.45) is 0 Å². The second-order valence-electron chi connectivity index (χ2n) is 5.44. The Balaban J connectivity index is 0.00000208. The zero-order chi connectivity index (χ0) is 16.6. The number of halogens is 2. The first kappa shape index (κ1) is 18.5. The van der Waals surface area contributed by atoms with Crippen LogP contribution >= 0.6 is 24.0 Å². The van der Waals surface area contributed by atoms with Crippen LogP contribution in [0.4, 0.5) is 0 Å². The predicted octanol–water partition coefficient (Wildman–Crippen LogP) is 2.25. The number of methoxy groups -OCH3 is 1. The summed E-state index contributed by atoms with van der Waals surface area (Å²) in [5.41, 5.74) is 1.24. The molecule has 1 saturated heterocycles. The number of carboxylic acid groups (broad SMARTS) is 1. The summed E-state index contributed by atoms with van der Waals surface area (Å²) in [4.78, 5) is 21.5. The number of aromatic nitrogens is 2. The molecular weight excluding hydrogens is 357 g/mol. The number of aliphatic carboxylic acids is 1. The minimum Gasteiger partial charge on any atom is -0.497 e. The third kappa shape index (κ3) is 3.63. The molecule has 7 nitrogen and oxygen atoms in total. The van der Waals surface area contributed by atoms with E-state index in [4.69, 9.17) is 26.2 Å². The van der Waals surface area contributed by atoms with Crippen LogP contribution in [0, 0.1) is 0 Å². The van der Waals surface area contributed by atoms with Gasteiger partial charge in [-0.15, -0.1) is 12.4 Å². The molecule has 1 fully saturated rings. The average Bonchev–Trinajstić information content (AvgIpc) is 2.88. The summed E-state index contributed by atoms with van der Waals surface area (Å²) in [5.74, 6) is 0.00232. The number of likely N-dealkylation sites (tertiary alicyclic amines) is 1. The predicted molar refractivity (Wildman–Crippen MR) is 91.4 cm³/mol. The van der Waals surface area contributed by atoms with Gasteiger partial charge in [-0.1, -0.05) is 11.6 Å². The zero-order valence-corrected chi connectivity index (χ0v) is 14.7. The highest BCUT2D eigenvalue weighted by Crippen LogP contribution is 2.28. The van der Waals surface area contributed by atoms with Crippen LogP contribution in [0.2, 0.25) is 5.15 Å². The van der Waals surface area contributed by atoms with Crippen molar-refractivity contribution < 1.29 is 19.4 Å². The van der Waals surface area contributed by atoms with Crippen LogP contribution in [-0.4, -0.2) is 58.8 Å². The summed E-state index contributed by atoms with van der Waals surface area (Å²) < 4.78 is 11.0. The molecule has 1 aromatic carbocycles. The van der Waals surface area contributed by atoms with Crippen molar-refractivity contribution in [1.82, 2.24) is 14.9 Å². The molecule has 3 rings (SSSR count). The van der Waals surface area contributed by atoms with E-state index in [2.05, 4.69) is 9.97 Å². The van der Waals surface area contributed by atoms with E-state index < -0.39 is 12.0 Å². The minimum atomic E-state index is -0.862. The molecule has 1 N–H and O–H groups in total. The maximum Gasteiger partial charge on any atom is 0.321 e. The lowest BCUT2D eigenvalue weighted by Crippen LogP contribution is -2.32. The number of hydrogen-bond acceptors (Lipinski definition) is 6. The van der Waals surface area contributed by atoms with Gasteiger partial charge < -0.3 is 14.6 Å². The van der Waals surface area contributed by atoms with Gasteiger partial charge in [-0.25, -0.2) is 9.97 Å². The molecule has 0 saturated carbocycles. The number of fused-ring (bicyclic) bond motifs is 1. The van der Waals surface area contributed by atoms with Gasteiger partial charge in [-0.05, 0) is 19.2 Å². The molecule has 0 amide bonds. The second kappa shape index (κ2) is 7.38. The largest absolute Gasteiger partial charge is 0.497 e. The Hall–Kier alpha value is -1.83. The molecule has 0 aliphatic carbocycles. The third-order valence-electron chi connectivity index (χ3n) is 3.87. The maximum atomic E-state index is 11.2. The van der Waals surface area contributed by atoms with Gasteiger partial charge in [0.15, 0.2) is 5.15 Å². The molecule has 0 bridgehead atoms. The number of carboxylic acids is 1. The molecule has 1 aliphatic heterocycles. The highest BCUT2D eigenvalue weighted by molar-refractivity contribution is 6.31. The molecule has 9 heteroatoms. The molecule has 1 aromatic heterocycles. The fourth-order valence-electron chi connectivity index (χ4n) is 2.68. The molecule has 2 atom stereocenters. The van der Waals surface area contributed by atoms with E-state index >= 15 is 0 Å². The zero-order valence-electron chi connectivity index (χ0n) is 13.1. The van der Waals surface area contributed by atoms with Crippen LogP contribution in [0.15, 0.2) is 18.2 Å². The summed E-state index contributed by atoms with van der Waals surface area (Å²) in [6.07, 6.45) is 0.0796. The van der Waals surface area contributed by atoms with Crippen LogP contribution in [-0.2, 0) is 4.79 Å². The molecule has 2 heterocycles. The van der Waals surface area contributed by atoms with E-state index in [1.165, 1.54) is 0 Å². The van der Waals surface area contributed by atoms with Gasteiger partial charge in [0.05, 0.1) is 18.1 Å². The number of likely N-dealkylation sites (N-methyl/N-ethyl adjacent to an activating group) is 1. The Morgan fingerprint density at radius 2 is 2.12 bits per heavy atom. The number of hydrogen-bond donors (Lipinski definition) is 1. The summed E-state index contributed by atoms with van der Waals surface area (Å²) >= 11 is 6.13. The van der Waals surface area contributed by atoms with Gasteiger partial charge in [0.2, 0.25) is 0 Å². The Bertz CT molecular complexity index is 759. The summed E-state index contributed by atoms with van der Waals surface area (Å²) in [7, 11) is 3.32. The fraction of sp³-hybridized carbons (Fsp3) is 0.400. The SMILES string of the molecule is COc1ccc2nc(Cl)c(O[C@@H]3C[C@@H](C(=O)O)N(C)C3)nc2c1.Cl. The second-order valence-corrected chi connectivity index (χ2v) is 5.80. The lowest BCUT2D eigenvalue weighted by molar-refractivity contribution is -0.141. The number of benzene rings is 1. The van der Waals surface area contributed by atoms with Crippen LogP contribution < -0.4 is 9.47 Å². The van der Waals surface area contributed by atoms with Gasteiger partial charge in [0, 0.05) is 19.0 Å².